The van der Waals surface area contributed by atoms with Crippen LogP contribution < -0.4 is 10.6 Å². The molecule has 0 heterocycles. The van der Waals surface area contributed by atoms with Gasteiger partial charge in [-0.2, -0.15) is 0 Å². The lowest BCUT2D eigenvalue weighted by atomic mass is 9.49. The summed E-state index contributed by atoms with van der Waals surface area (Å²) in [7, 11) is 0. The fourth-order valence-corrected chi connectivity index (χ4v) is 5.83. The summed E-state index contributed by atoms with van der Waals surface area (Å²) in [5.74, 6) is 1.31. The molecule has 4 bridgehead atoms. The van der Waals surface area contributed by atoms with Crippen LogP contribution in [-0.4, -0.2) is 35.5 Å². The smallest absolute Gasteiger partial charge is 0.303 e. The van der Waals surface area contributed by atoms with Gasteiger partial charge >= 0.3 is 5.97 Å². The van der Waals surface area contributed by atoms with Gasteiger partial charge in [0.25, 0.3) is 0 Å². The Kier molecular flexibility index (Phi) is 5.35. The van der Waals surface area contributed by atoms with E-state index in [1.807, 2.05) is 0 Å². The average Bonchev–Trinajstić information content (AvgIpc) is 2.49. The highest BCUT2D eigenvalue weighted by Gasteiger charge is 2.51. The predicted molar refractivity (Wildman–Crippen MR) is 92.7 cm³/mol. The highest BCUT2D eigenvalue weighted by Crippen LogP contribution is 2.61. The molecule has 4 saturated carbocycles. The van der Waals surface area contributed by atoms with E-state index < -0.39 is 5.97 Å². The summed E-state index contributed by atoms with van der Waals surface area (Å²) in [5, 5.41) is 14.1. The van der Waals surface area contributed by atoms with Gasteiger partial charge in [0.2, 0.25) is 11.8 Å². The molecule has 0 saturated heterocycles. The first-order valence-electron chi connectivity index (χ1n) is 9.61. The minimum Gasteiger partial charge on any atom is -0.481 e. The maximum Gasteiger partial charge on any atom is 0.303 e. The van der Waals surface area contributed by atoms with Crippen molar-refractivity contribution in [3.63, 3.8) is 0 Å². The van der Waals surface area contributed by atoms with E-state index in [9.17, 15) is 14.4 Å². The number of carbonyl (C=O) groups is 3. The van der Waals surface area contributed by atoms with E-state index in [4.69, 9.17) is 5.11 Å². The van der Waals surface area contributed by atoms with Crippen LogP contribution in [-0.2, 0) is 14.4 Å². The van der Waals surface area contributed by atoms with Crippen molar-refractivity contribution in [1.82, 2.24) is 10.6 Å². The molecule has 2 amide bonds. The Bertz CT molecular complexity index is 510. The van der Waals surface area contributed by atoms with Crippen molar-refractivity contribution in [3.05, 3.63) is 0 Å². The molecule has 0 spiro atoms. The van der Waals surface area contributed by atoms with Crippen LogP contribution in [0.5, 0.6) is 0 Å². The zero-order valence-electron chi connectivity index (χ0n) is 15.1. The van der Waals surface area contributed by atoms with Crippen LogP contribution in [0.4, 0.5) is 0 Å². The number of amides is 2. The van der Waals surface area contributed by atoms with E-state index in [0.29, 0.717) is 12.8 Å². The molecule has 0 radical (unpaired) electrons. The summed E-state index contributed by atoms with van der Waals surface area (Å²) in [6.07, 6.45) is 8.60. The first-order chi connectivity index (χ1) is 11.8. The Labute approximate surface area is 149 Å². The fourth-order valence-electron chi connectivity index (χ4n) is 5.83. The molecule has 0 aromatic rings. The van der Waals surface area contributed by atoms with E-state index >= 15 is 0 Å². The fraction of sp³-hybridized carbons (Fsp3) is 0.842. The van der Waals surface area contributed by atoms with Crippen molar-refractivity contribution in [2.24, 2.45) is 23.2 Å². The van der Waals surface area contributed by atoms with Gasteiger partial charge in [-0.15, -0.1) is 0 Å². The van der Waals surface area contributed by atoms with Gasteiger partial charge in [0.1, 0.15) is 0 Å². The molecule has 0 aliphatic heterocycles. The van der Waals surface area contributed by atoms with Gasteiger partial charge in [-0.05, 0) is 75.0 Å². The Morgan fingerprint density at radius 2 is 1.60 bits per heavy atom. The molecule has 140 valence electrons. The van der Waals surface area contributed by atoms with Crippen molar-refractivity contribution >= 4 is 17.8 Å². The molecule has 4 aliphatic carbocycles. The highest BCUT2D eigenvalue weighted by molar-refractivity contribution is 5.85. The summed E-state index contributed by atoms with van der Waals surface area (Å²) in [6, 6.07) is -0.205. The largest absolute Gasteiger partial charge is 0.481 e. The summed E-state index contributed by atoms with van der Waals surface area (Å²) in [6.45, 7) is 1.75. The van der Waals surface area contributed by atoms with Crippen LogP contribution >= 0.6 is 0 Å². The molecule has 0 aromatic carbocycles. The molecule has 25 heavy (non-hydrogen) atoms. The molecule has 4 fully saturated rings. The normalized spacial score (nSPS) is 33.7. The second kappa shape index (κ2) is 7.34. The van der Waals surface area contributed by atoms with Crippen LogP contribution in [0.2, 0.25) is 0 Å². The standard InChI is InChI=1S/C19H30N2O4/c1-12(2-3-18(24)25)21-17(23)11-20-16(22)10-19-7-13-4-14(8-19)6-15(5-13)9-19/h12-15H,2-11H2,1H3,(H,20,22)(H,21,23)(H,24,25). The molecule has 4 aliphatic rings. The lowest BCUT2D eigenvalue weighted by Gasteiger charge is -2.56. The van der Waals surface area contributed by atoms with Crippen molar-refractivity contribution in [2.75, 3.05) is 6.54 Å². The van der Waals surface area contributed by atoms with Crippen LogP contribution in [0.3, 0.4) is 0 Å². The summed E-state index contributed by atoms with van der Waals surface area (Å²) >= 11 is 0. The van der Waals surface area contributed by atoms with Crippen LogP contribution in [0.15, 0.2) is 0 Å². The molecule has 6 heteroatoms. The highest BCUT2D eigenvalue weighted by atomic mass is 16.4. The van der Waals surface area contributed by atoms with Crippen molar-refractivity contribution in [2.45, 2.75) is 70.8 Å². The Morgan fingerprint density at radius 1 is 1.04 bits per heavy atom. The van der Waals surface area contributed by atoms with E-state index in [-0.39, 0.29) is 36.2 Å². The topological polar surface area (TPSA) is 95.5 Å². The van der Waals surface area contributed by atoms with Crippen molar-refractivity contribution in [1.29, 1.82) is 0 Å². The third kappa shape index (κ3) is 4.73. The van der Waals surface area contributed by atoms with Crippen LogP contribution in [0, 0.1) is 23.2 Å². The monoisotopic (exact) mass is 350 g/mol. The Morgan fingerprint density at radius 3 is 2.12 bits per heavy atom. The number of carbonyl (C=O) groups excluding carboxylic acids is 2. The molecule has 6 nitrogen and oxygen atoms in total. The van der Waals surface area contributed by atoms with Crippen molar-refractivity contribution in [3.8, 4) is 0 Å². The molecular weight excluding hydrogens is 320 g/mol. The van der Waals surface area contributed by atoms with Gasteiger partial charge in [-0.1, -0.05) is 0 Å². The molecule has 1 unspecified atom stereocenters. The van der Waals surface area contributed by atoms with Crippen molar-refractivity contribution < 1.29 is 19.5 Å². The van der Waals surface area contributed by atoms with E-state index in [0.717, 1.165) is 17.8 Å². The Balaban J connectivity index is 1.39. The SMILES string of the molecule is CC(CCC(=O)O)NC(=O)CNC(=O)CC12CC3CC(CC(C3)C1)C2. The zero-order valence-corrected chi connectivity index (χ0v) is 15.1. The van der Waals surface area contributed by atoms with E-state index in [2.05, 4.69) is 10.6 Å². The third-order valence-electron chi connectivity index (χ3n) is 6.35. The summed E-state index contributed by atoms with van der Waals surface area (Å²) < 4.78 is 0. The molecule has 3 N–H and O–H groups in total. The number of hydrogen-bond donors (Lipinski definition) is 3. The Hall–Kier alpha value is -1.59. The number of hydrogen-bond acceptors (Lipinski definition) is 3. The number of carboxylic acids is 1. The maximum atomic E-state index is 12.4. The maximum absolute atomic E-state index is 12.4. The first-order valence-corrected chi connectivity index (χ1v) is 9.61. The van der Waals surface area contributed by atoms with Crippen LogP contribution in [0.1, 0.15) is 64.7 Å². The van der Waals surface area contributed by atoms with Gasteiger partial charge in [0.05, 0.1) is 6.54 Å². The lowest BCUT2D eigenvalue weighted by molar-refractivity contribution is -0.137. The number of carboxylic acid groups (broad SMARTS) is 1. The molecular formula is C19H30N2O4. The average molecular weight is 350 g/mol. The zero-order chi connectivity index (χ0) is 18.0. The predicted octanol–water partition coefficient (Wildman–Crippen LogP) is 2.08. The van der Waals surface area contributed by atoms with E-state index in [1.165, 1.54) is 38.5 Å². The van der Waals surface area contributed by atoms with E-state index in [1.54, 1.807) is 6.92 Å². The van der Waals surface area contributed by atoms with Gasteiger partial charge in [-0.3, -0.25) is 14.4 Å². The first kappa shape index (κ1) is 18.2. The second-order valence-electron chi connectivity index (χ2n) is 8.77. The molecule has 0 aromatic heterocycles. The summed E-state index contributed by atoms with van der Waals surface area (Å²) in [5.41, 5.74) is 0.185. The minimum absolute atomic E-state index is 0.0183. The van der Waals surface area contributed by atoms with Gasteiger partial charge in [0.15, 0.2) is 0 Å². The van der Waals surface area contributed by atoms with Gasteiger partial charge in [-0.25, -0.2) is 0 Å². The summed E-state index contributed by atoms with van der Waals surface area (Å²) in [4.78, 5) is 34.8. The minimum atomic E-state index is -0.870. The van der Waals surface area contributed by atoms with Gasteiger partial charge < -0.3 is 15.7 Å². The number of rotatable bonds is 8. The third-order valence-corrected chi connectivity index (χ3v) is 6.35. The second-order valence-corrected chi connectivity index (χ2v) is 8.77. The quantitative estimate of drug-likeness (QED) is 0.624. The molecule has 4 rings (SSSR count). The molecule has 1 atom stereocenters. The number of nitrogens with one attached hydrogen (secondary N) is 2. The van der Waals surface area contributed by atoms with Crippen LogP contribution in [0.25, 0.3) is 0 Å². The van der Waals surface area contributed by atoms with Gasteiger partial charge in [0, 0.05) is 18.9 Å². The lowest BCUT2D eigenvalue weighted by Crippen LogP contribution is -2.48. The number of aliphatic carboxylic acids is 1.